The molecular weight excluding hydrogens is 539 g/mol. The average molecular weight is 569 g/mol. The van der Waals surface area contributed by atoms with Gasteiger partial charge in [0.1, 0.15) is 17.5 Å². The predicted molar refractivity (Wildman–Crippen MR) is 153 cm³/mol. The monoisotopic (exact) mass is 568 g/mol. The van der Waals surface area contributed by atoms with E-state index in [1.807, 2.05) is 35.2 Å². The second-order valence-electron chi connectivity index (χ2n) is 11.1. The molecule has 1 saturated carbocycles. The zero-order chi connectivity index (χ0) is 28.8. The molecule has 2 fully saturated rings. The van der Waals surface area contributed by atoms with Gasteiger partial charge < -0.3 is 15.3 Å². The first-order valence-corrected chi connectivity index (χ1v) is 14.0. The van der Waals surface area contributed by atoms with Gasteiger partial charge in [-0.25, -0.2) is 18.7 Å². The maximum Gasteiger partial charge on any atom is 0.264 e. The van der Waals surface area contributed by atoms with Gasteiger partial charge in [0.15, 0.2) is 11.5 Å². The molecule has 4 heterocycles. The average Bonchev–Trinajstić information content (AvgIpc) is 3.59. The summed E-state index contributed by atoms with van der Waals surface area (Å²) in [5, 5.41) is 23.8. The number of hydrogen-bond acceptors (Lipinski definition) is 7. The Balaban J connectivity index is 1.07. The highest BCUT2D eigenvalue weighted by atomic mass is 19.1. The third-order valence-corrected chi connectivity index (χ3v) is 7.99. The highest BCUT2D eigenvalue weighted by Gasteiger charge is 2.39. The lowest BCUT2D eigenvalue weighted by atomic mass is 9.91. The van der Waals surface area contributed by atoms with Crippen LogP contribution in [0, 0.1) is 11.7 Å². The van der Waals surface area contributed by atoms with E-state index >= 15 is 0 Å². The minimum absolute atomic E-state index is 0.107. The van der Waals surface area contributed by atoms with Crippen molar-refractivity contribution < 1.29 is 14.3 Å². The molecule has 1 aliphatic heterocycles. The number of nitrogens with zero attached hydrogens (tertiary/aromatic N) is 7. The number of fused-ring (bicyclic) bond motifs is 1. The Morgan fingerprint density at radius 1 is 1.07 bits per heavy atom. The summed E-state index contributed by atoms with van der Waals surface area (Å²) in [6, 6.07) is 15.4. The predicted octanol–water partition coefficient (Wildman–Crippen LogP) is 3.41. The van der Waals surface area contributed by atoms with Crippen molar-refractivity contribution in [1.82, 2.24) is 34.0 Å². The molecule has 0 spiro atoms. The summed E-state index contributed by atoms with van der Waals surface area (Å²) < 4.78 is 17.9. The number of benzene rings is 2. The van der Waals surface area contributed by atoms with E-state index in [9.17, 15) is 19.1 Å². The molecule has 0 bridgehead atoms. The van der Waals surface area contributed by atoms with Crippen molar-refractivity contribution in [3.8, 4) is 11.4 Å². The van der Waals surface area contributed by atoms with E-state index in [4.69, 9.17) is 0 Å². The number of halogens is 1. The van der Waals surface area contributed by atoms with Gasteiger partial charge in [-0.2, -0.15) is 10.2 Å². The highest BCUT2D eigenvalue weighted by molar-refractivity contribution is 5.81. The highest BCUT2D eigenvalue weighted by Crippen LogP contribution is 2.33. The van der Waals surface area contributed by atoms with Gasteiger partial charge >= 0.3 is 0 Å². The van der Waals surface area contributed by atoms with Crippen molar-refractivity contribution >= 4 is 28.4 Å². The lowest BCUT2D eigenvalue weighted by molar-refractivity contribution is -0.137. The number of nitrogens with one attached hydrogen (secondary N) is 1. The number of likely N-dealkylation sites (tertiary alicyclic amines) is 1. The van der Waals surface area contributed by atoms with Crippen LogP contribution in [-0.2, 0) is 11.3 Å². The summed E-state index contributed by atoms with van der Waals surface area (Å²) in [7, 11) is 0. The maximum absolute atomic E-state index is 13.4. The van der Waals surface area contributed by atoms with Crippen molar-refractivity contribution in [3.05, 3.63) is 89.5 Å². The molecule has 0 unspecified atom stereocenters. The van der Waals surface area contributed by atoms with E-state index in [0.717, 1.165) is 24.2 Å². The topological polar surface area (TPSA) is 123 Å². The summed E-state index contributed by atoms with van der Waals surface area (Å²) in [4.78, 5) is 32.1. The SMILES string of the molecule is O=C(C1CC1)N1CCC(O)(Cn2cnc3c(cnn3-c3cccc(Nc4ccn(-c5ccc(F)cc5)n4)c3)c2=O)CC1. The molecule has 0 atom stereocenters. The number of aliphatic hydroxyl groups is 1. The van der Waals surface area contributed by atoms with Gasteiger partial charge in [0.2, 0.25) is 5.91 Å². The third kappa shape index (κ3) is 5.05. The molecule has 2 aromatic carbocycles. The van der Waals surface area contributed by atoms with E-state index in [1.54, 1.807) is 27.7 Å². The fraction of sp³-hybridized carbons (Fsp3) is 0.300. The van der Waals surface area contributed by atoms with Crippen LogP contribution in [0.5, 0.6) is 0 Å². The number of hydrogen-bond donors (Lipinski definition) is 2. The van der Waals surface area contributed by atoms with Gasteiger partial charge in [0.25, 0.3) is 5.56 Å². The van der Waals surface area contributed by atoms with E-state index in [0.29, 0.717) is 48.5 Å². The number of carbonyl (C=O) groups is 1. The van der Waals surface area contributed by atoms with Crippen LogP contribution in [0.15, 0.2) is 78.1 Å². The van der Waals surface area contributed by atoms with Crippen molar-refractivity contribution in [3.63, 3.8) is 0 Å². The van der Waals surface area contributed by atoms with Gasteiger partial charge in [-0.05, 0) is 68.1 Å². The zero-order valence-electron chi connectivity index (χ0n) is 22.7. The van der Waals surface area contributed by atoms with Crippen molar-refractivity contribution in [1.29, 1.82) is 0 Å². The van der Waals surface area contributed by atoms with Crippen molar-refractivity contribution in [2.75, 3.05) is 18.4 Å². The number of anilines is 2. The standard InChI is InChI=1S/C30H29FN8O3/c31-21-6-8-23(9-7-21)38-13-10-26(35-38)34-22-2-1-3-24(16-22)39-27-25(17-33-39)29(41)37(19-32-27)18-30(42)11-14-36(15-12-30)28(40)20-4-5-20/h1-3,6-10,13,16-17,19-20,42H,4-5,11-12,14-15,18H2,(H,34,35). The van der Waals surface area contributed by atoms with Gasteiger partial charge in [0, 0.05) is 37.0 Å². The molecule has 1 aliphatic carbocycles. The van der Waals surface area contributed by atoms with E-state index < -0.39 is 5.60 Å². The molecule has 7 rings (SSSR count). The number of rotatable bonds is 7. The fourth-order valence-corrected chi connectivity index (χ4v) is 5.45. The molecule has 5 aromatic rings. The van der Waals surface area contributed by atoms with Crippen LogP contribution >= 0.6 is 0 Å². The molecule has 214 valence electrons. The van der Waals surface area contributed by atoms with Crippen LogP contribution < -0.4 is 10.9 Å². The first-order valence-electron chi connectivity index (χ1n) is 14.0. The third-order valence-electron chi connectivity index (χ3n) is 7.99. The fourth-order valence-electron chi connectivity index (χ4n) is 5.45. The normalized spacial score (nSPS) is 16.6. The number of amides is 1. The van der Waals surface area contributed by atoms with Crippen molar-refractivity contribution in [2.45, 2.75) is 37.8 Å². The second-order valence-corrected chi connectivity index (χ2v) is 11.1. The van der Waals surface area contributed by atoms with Crippen LogP contribution in [0.25, 0.3) is 22.4 Å². The van der Waals surface area contributed by atoms with Crippen LogP contribution in [0.1, 0.15) is 25.7 Å². The van der Waals surface area contributed by atoms with Crippen LogP contribution in [-0.4, -0.2) is 63.7 Å². The second kappa shape index (κ2) is 10.2. The van der Waals surface area contributed by atoms with Gasteiger partial charge in [0.05, 0.1) is 29.7 Å². The summed E-state index contributed by atoms with van der Waals surface area (Å²) in [5.74, 6) is 0.633. The molecule has 1 amide bonds. The lowest BCUT2D eigenvalue weighted by Crippen LogP contribution is -2.50. The summed E-state index contributed by atoms with van der Waals surface area (Å²) >= 11 is 0. The Bertz CT molecular complexity index is 1830. The van der Waals surface area contributed by atoms with Crippen LogP contribution in [0.4, 0.5) is 15.9 Å². The molecule has 0 radical (unpaired) electrons. The zero-order valence-corrected chi connectivity index (χ0v) is 22.7. The number of aromatic nitrogens is 6. The molecular formula is C30H29FN8O3. The minimum Gasteiger partial charge on any atom is -0.388 e. The van der Waals surface area contributed by atoms with Gasteiger partial charge in [-0.1, -0.05) is 6.07 Å². The quantitative estimate of drug-likeness (QED) is 0.309. The molecule has 12 heteroatoms. The molecule has 11 nitrogen and oxygen atoms in total. The van der Waals surface area contributed by atoms with Crippen molar-refractivity contribution in [2.24, 2.45) is 5.92 Å². The van der Waals surface area contributed by atoms with Gasteiger partial charge in [-0.15, -0.1) is 0 Å². The van der Waals surface area contributed by atoms with E-state index in [-0.39, 0.29) is 29.7 Å². The minimum atomic E-state index is -1.08. The molecule has 2 N–H and O–H groups in total. The molecule has 1 saturated heterocycles. The largest absolute Gasteiger partial charge is 0.388 e. The number of piperidine rings is 1. The van der Waals surface area contributed by atoms with E-state index in [1.165, 1.54) is 29.2 Å². The Labute approximate surface area is 239 Å². The van der Waals surface area contributed by atoms with Gasteiger partial charge in [-0.3, -0.25) is 14.2 Å². The Hall–Kier alpha value is -4.84. The number of carbonyl (C=O) groups excluding carboxylic acids is 1. The first-order chi connectivity index (χ1) is 20.3. The summed E-state index contributed by atoms with van der Waals surface area (Å²) in [6.07, 6.45) is 7.47. The molecule has 42 heavy (non-hydrogen) atoms. The Kier molecular flexibility index (Phi) is 6.34. The molecule has 2 aliphatic rings. The first kappa shape index (κ1) is 26.1. The Morgan fingerprint density at radius 3 is 2.62 bits per heavy atom. The summed E-state index contributed by atoms with van der Waals surface area (Å²) in [6.45, 7) is 1.09. The van der Waals surface area contributed by atoms with Crippen LogP contribution in [0.2, 0.25) is 0 Å². The lowest BCUT2D eigenvalue weighted by Gasteiger charge is -2.38. The Morgan fingerprint density at radius 2 is 1.86 bits per heavy atom. The molecule has 3 aromatic heterocycles. The summed E-state index contributed by atoms with van der Waals surface area (Å²) in [5.41, 5.74) is 1.23. The smallest absolute Gasteiger partial charge is 0.264 e. The van der Waals surface area contributed by atoms with Crippen LogP contribution in [0.3, 0.4) is 0 Å². The van der Waals surface area contributed by atoms with E-state index in [2.05, 4.69) is 20.5 Å². The maximum atomic E-state index is 13.4.